The molecule has 0 aliphatic heterocycles. The van der Waals surface area contributed by atoms with Gasteiger partial charge in [0.2, 0.25) is 0 Å². The van der Waals surface area contributed by atoms with Crippen LogP contribution in [0.2, 0.25) is 0 Å². The first-order valence-corrected chi connectivity index (χ1v) is 9.18. The lowest BCUT2D eigenvalue weighted by atomic mass is 10.1. The van der Waals surface area contributed by atoms with E-state index in [0.717, 1.165) is 31.9 Å². The number of rotatable bonds is 10. The summed E-state index contributed by atoms with van der Waals surface area (Å²) in [5.74, 6) is 0.977. The highest BCUT2D eigenvalue weighted by molar-refractivity contribution is 5.50. The number of aryl methyl sites for hydroxylation is 1. The van der Waals surface area contributed by atoms with E-state index in [0.29, 0.717) is 6.42 Å². The number of nitrogens with zero attached hydrogens (tertiary/aromatic N) is 3. The van der Waals surface area contributed by atoms with E-state index in [2.05, 4.69) is 67.3 Å². The number of hydrogen-bond acceptors (Lipinski definition) is 5. The van der Waals surface area contributed by atoms with Crippen LogP contribution in [0.4, 0.5) is 5.69 Å². The number of hydrogen-bond donors (Lipinski definition) is 1. The maximum Gasteiger partial charge on any atom is 0.122 e. The van der Waals surface area contributed by atoms with Gasteiger partial charge in [-0.25, -0.2) is 0 Å². The first-order valence-electron chi connectivity index (χ1n) is 9.18. The topological polar surface area (TPSA) is 55.4 Å². The van der Waals surface area contributed by atoms with Gasteiger partial charge in [-0.1, -0.05) is 6.07 Å². The predicted molar refractivity (Wildman–Crippen MR) is 106 cm³/mol. The summed E-state index contributed by atoms with van der Waals surface area (Å²) in [7, 11) is 4.13. The Hall–Kier alpha value is -2.29. The summed E-state index contributed by atoms with van der Waals surface area (Å²) in [6.45, 7) is 7.60. The van der Waals surface area contributed by atoms with Crippen LogP contribution >= 0.6 is 0 Å². The third-order valence-electron chi connectivity index (χ3n) is 4.71. The zero-order valence-electron chi connectivity index (χ0n) is 16.3. The van der Waals surface area contributed by atoms with Crippen LogP contribution in [0.25, 0.3) is 0 Å². The number of likely N-dealkylation sites (N-methyl/N-ethyl adjacent to an activating group) is 1. The lowest BCUT2D eigenvalue weighted by Crippen LogP contribution is -2.30. The summed E-state index contributed by atoms with van der Waals surface area (Å²) < 4.78 is 5.56. The molecular formula is C21H30N4O. The maximum atomic E-state index is 8.81. The third-order valence-corrected chi connectivity index (χ3v) is 4.71. The van der Waals surface area contributed by atoms with Gasteiger partial charge >= 0.3 is 0 Å². The molecule has 0 amide bonds. The van der Waals surface area contributed by atoms with E-state index in [-0.39, 0.29) is 6.04 Å². The van der Waals surface area contributed by atoms with Crippen molar-refractivity contribution in [3.05, 3.63) is 53.5 Å². The van der Waals surface area contributed by atoms with Crippen LogP contribution in [0.3, 0.4) is 0 Å². The molecule has 1 aromatic carbocycles. The quantitative estimate of drug-likeness (QED) is 0.705. The molecule has 5 heteroatoms. The van der Waals surface area contributed by atoms with Crippen molar-refractivity contribution in [2.45, 2.75) is 32.9 Å². The molecule has 0 radical (unpaired) electrons. The Labute approximate surface area is 157 Å². The molecule has 0 aliphatic carbocycles. The number of nitriles is 1. The molecule has 0 aliphatic rings. The largest absolute Gasteiger partial charge is 0.468 e. The molecule has 26 heavy (non-hydrogen) atoms. The van der Waals surface area contributed by atoms with Crippen molar-refractivity contribution in [2.24, 2.45) is 0 Å². The Morgan fingerprint density at radius 1 is 1.27 bits per heavy atom. The van der Waals surface area contributed by atoms with Gasteiger partial charge in [0.25, 0.3) is 0 Å². The molecular weight excluding hydrogens is 324 g/mol. The van der Waals surface area contributed by atoms with Gasteiger partial charge in [-0.15, -0.1) is 0 Å². The Kier molecular flexibility index (Phi) is 7.71. The Morgan fingerprint density at radius 3 is 2.65 bits per heavy atom. The second-order valence-corrected chi connectivity index (χ2v) is 6.72. The highest BCUT2D eigenvalue weighted by Gasteiger charge is 2.16. The molecule has 1 N–H and O–H groups in total. The van der Waals surface area contributed by atoms with Crippen LogP contribution in [-0.4, -0.2) is 38.6 Å². The molecule has 1 aromatic heterocycles. The Bertz CT molecular complexity index is 703. The van der Waals surface area contributed by atoms with Gasteiger partial charge in [-0.3, -0.25) is 4.90 Å². The molecule has 0 saturated heterocycles. The second kappa shape index (κ2) is 10.0. The molecule has 2 rings (SSSR count). The van der Waals surface area contributed by atoms with Gasteiger partial charge in [-0.05, 0) is 63.3 Å². The zero-order valence-corrected chi connectivity index (χ0v) is 16.3. The predicted octanol–water partition coefficient (Wildman–Crippen LogP) is 3.72. The van der Waals surface area contributed by atoms with Crippen molar-refractivity contribution in [1.82, 2.24) is 10.2 Å². The van der Waals surface area contributed by atoms with E-state index in [4.69, 9.17) is 9.68 Å². The fourth-order valence-corrected chi connectivity index (χ4v) is 3.09. The van der Waals surface area contributed by atoms with E-state index in [1.807, 2.05) is 12.1 Å². The number of anilines is 1. The van der Waals surface area contributed by atoms with E-state index in [1.54, 1.807) is 6.26 Å². The number of benzene rings is 1. The van der Waals surface area contributed by atoms with Crippen molar-refractivity contribution in [2.75, 3.05) is 38.6 Å². The molecule has 140 valence electrons. The molecule has 1 heterocycles. The van der Waals surface area contributed by atoms with Crippen LogP contribution in [-0.2, 0) is 6.54 Å². The highest BCUT2D eigenvalue weighted by atomic mass is 16.3. The summed E-state index contributed by atoms with van der Waals surface area (Å²) in [4.78, 5) is 4.41. The molecule has 0 saturated carbocycles. The van der Waals surface area contributed by atoms with Crippen molar-refractivity contribution in [3.63, 3.8) is 0 Å². The Morgan fingerprint density at radius 2 is 2.08 bits per heavy atom. The third kappa shape index (κ3) is 5.35. The molecule has 5 nitrogen and oxygen atoms in total. The van der Waals surface area contributed by atoms with Crippen LogP contribution in [0.1, 0.15) is 36.3 Å². The minimum absolute atomic E-state index is 0.214. The van der Waals surface area contributed by atoms with Gasteiger partial charge in [0.15, 0.2) is 0 Å². The fourth-order valence-electron chi connectivity index (χ4n) is 3.09. The molecule has 1 atom stereocenters. The van der Waals surface area contributed by atoms with E-state index >= 15 is 0 Å². The van der Waals surface area contributed by atoms with Gasteiger partial charge in [-0.2, -0.15) is 5.26 Å². The van der Waals surface area contributed by atoms with Crippen LogP contribution in [0.15, 0.2) is 41.0 Å². The van der Waals surface area contributed by atoms with Gasteiger partial charge < -0.3 is 14.6 Å². The minimum Gasteiger partial charge on any atom is -0.468 e. The number of nitrogens with one attached hydrogen (secondary N) is 1. The Balaban J connectivity index is 1.96. The van der Waals surface area contributed by atoms with Gasteiger partial charge in [0.05, 0.1) is 24.8 Å². The average Bonchev–Trinajstić information content (AvgIpc) is 3.14. The summed E-state index contributed by atoms with van der Waals surface area (Å²) >= 11 is 0. The van der Waals surface area contributed by atoms with E-state index in [1.165, 1.54) is 16.8 Å². The maximum absolute atomic E-state index is 8.81. The van der Waals surface area contributed by atoms with Crippen molar-refractivity contribution >= 4 is 5.69 Å². The minimum atomic E-state index is 0.214. The smallest absolute Gasteiger partial charge is 0.122 e. The van der Waals surface area contributed by atoms with Gasteiger partial charge in [0, 0.05) is 31.9 Å². The van der Waals surface area contributed by atoms with E-state index in [9.17, 15) is 0 Å². The molecule has 0 spiro atoms. The van der Waals surface area contributed by atoms with Crippen molar-refractivity contribution < 1.29 is 4.42 Å². The molecule has 0 fully saturated rings. The fraction of sp³-hybridized carbons (Fsp3) is 0.476. The van der Waals surface area contributed by atoms with Crippen LogP contribution in [0, 0.1) is 18.3 Å². The first kappa shape index (κ1) is 20.0. The summed E-state index contributed by atoms with van der Waals surface area (Å²) in [6.07, 6.45) is 2.27. The van der Waals surface area contributed by atoms with Crippen LogP contribution in [0.5, 0.6) is 0 Å². The standard InChI is InChI=1S/C21H30N4O/c1-5-25(12-7-11-22)19-10-9-18(17(2)14-19)15-23-16-20(24(3)4)21-8-6-13-26-21/h6,8-10,13-14,20,23H,5,7,12,15-16H2,1-4H3. The van der Waals surface area contributed by atoms with Gasteiger partial charge in [0.1, 0.15) is 5.76 Å². The lowest BCUT2D eigenvalue weighted by Gasteiger charge is -2.24. The molecule has 0 bridgehead atoms. The van der Waals surface area contributed by atoms with Crippen molar-refractivity contribution in [1.29, 1.82) is 5.26 Å². The normalized spacial score (nSPS) is 12.2. The lowest BCUT2D eigenvalue weighted by molar-refractivity contribution is 0.250. The van der Waals surface area contributed by atoms with Crippen molar-refractivity contribution in [3.8, 4) is 6.07 Å². The first-order chi connectivity index (χ1) is 12.6. The summed E-state index contributed by atoms with van der Waals surface area (Å²) in [5, 5.41) is 12.4. The van der Waals surface area contributed by atoms with E-state index < -0.39 is 0 Å². The summed E-state index contributed by atoms with van der Waals surface area (Å²) in [6, 6.07) is 12.9. The highest BCUT2D eigenvalue weighted by Crippen LogP contribution is 2.21. The summed E-state index contributed by atoms with van der Waals surface area (Å²) in [5.41, 5.74) is 3.75. The second-order valence-electron chi connectivity index (χ2n) is 6.72. The van der Waals surface area contributed by atoms with Crippen LogP contribution < -0.4 is 10.2 Å². The SMILES string of the molecule is CCN(CCC#N)c1ccc(CNCC(c2ccco2)N(C)C)c(C)c1. The average molecular weight is 354 g/mol. The zero-order chi connectivity index (χ0) is 18.9. The number of furan rings is 1. The monoisotopic (exact) mass is 354 g/mol. The molecule has 2 aromatic rings. The molecule has 1 unspecified atom stereocenters.